The Balaban J connectivity index is 1.99. The lowest BCUT2D eigenvalue weighted by Crippen LogP contribution is -2.10. The molecule has 1 N–H and O–H groups in total. The quantitative estimate of drug-likeness (QED) is 0.768. The number of aryl methyl sites for hydroxylation is 1. The van der Waals surface area contributed by atoms with E-state index in [-0.39, 0.29) is 6.42 Å². The largest absolute Gasteiger partial charge is 0.481 e. The van der Waals surface area contributed by atoms with Gasteiger partial charge in [-0.15, -0.1) is 10.2 Å². The van der Waals surface area contributed by atoms with Crippen LogP contribution in [0.3, 0.4) is 0 Å². The van der Waals surface area contributed by atoms with E-state index in [2.05, 4.69) is 10.2 Å². The number of hydrogen-bond acceptors (Lipinski definition) is 4. The van der Waals surface area contributed by atoms with Crippen molar-refractivity contribution >= 4 is 23.3 Å². The zero-order chi connectivity index (χ0) is 18.3. The lowest BCUT2D eigenvalue weighted by Gasteiger charge is -2.12. The van der Waals surface area contributed by atoms with Gasteiger partial charge in [-0.2, -0.15) is 0 Å². The first-order valence-corrected chi connectivity index (χ1v) is 8.49. The van der Waals surface area contributed by atoms with Crippen LogP contribution in [0.25, 0.3) is 5.69 Å². The molecule has 2 aromatic carbocycles. The number of hydrogen-bond donors (Lipinski definition) is 1. The summed E-state index contributed by atoms with van der Waals surface area (Å²) in [4.78, 5) is 16.2. The molecule has 0 unspecified atom stereocenters. The zero-order valence-electron chi connectivity index (χ0n) is 13.9. The summed E-state index contributed by atoms with van der Waals surface area (Å²) in [6.07, 6.45) is -0.163. The summed E-state index contributed by atoms with van der Waals surface area (Å²) in [6.45, 7) is 1.85. The highest BCUT2D eigenvalue weighted by atomic mass is 35.5. The number of rotatable bonds is 3. The monoisotopic (exact) mass is 366 g/mol. The number of nitrogens with zero attached hydrogens (tertiary/aromatic N) is 4. The summed E-state index contributed by atoms with van der Waals surface area (Å²) < 4.78 is 1.88. The van der Waals surface area contributed by atoms with E-state index in [0.717, 1.165) is 16.8 Å². The predicted octanol–water partition coefficient (Wildman–Crippen LogP) is 3.60. The smallest absolute Gasteiger partial charge is 0.306 e. The van der Waals surface area contributed by atoms with Crippen molar-refractivity contribution in [3.8, 4) is 5.69 Å². The molecule has 1 aromatic heterocycles. The van der Waals surface area contributed by atoms with Gasteiger partial charge in [0.1, 0.15) is 11.9 Å². The van der Waals surface area contributed by atoms with Crippen LogP contribution in [0.1, 0.15) is 35.2 Å². The van der Waals surface area contributed by atoms with Crippen LogP contribution in [0, 0.1) is 6.92 Å². The summed E-state index contributed by atoms with van der Waals surface area (Å²) in [5.74, 6) is 0.282. The van der Waals surface area contributed by atoms with Crippen molar-refractivity contribution in [3.63, 3.8) is 0 Å². The van der Waals surface area contributed by atoms with E-state index in [1.807, 2.05) is 47.9 Å². The van der Waals surface area contributed by atoms with Crippen LogP contribution < -0.4 is 0 Å². The minimum Gasteiger partial charge on any atom is -0.481 e. The van der Waals surface area contributed by atoms with Gasteiger partial charge in [0.15, 0.2) is 5.82 Å². The fourth-order valence-corrected chi connectivity index (χ4v) is 3.31. The van der Waals surface area contributed by atoms with Gasteiger partial charge in [0.05, 0.1) is 17.8 Å². The van der Waals surface area contributed by atoms with Crippen LogP contribution in [-0.4, -0.2) is 31.6 Å². The fraction of sp³-hybridized carbons (Fsp3) is 0.158. The topological polar surface area (TPSA) is 80.4 Å². The third-order valence-corrected chi connectivity index (χ3v) is 4.57. The number of carboxylic acid groups (broad SMARTS) is 1. The Bertz CT molecular complexity index is 1020. The molecular weight excluding hydrogens is 352 g/mol. The molecule has 3 aromatic rings. The highest BCUT2D eigenvalue weighted by Gasteiger charge is 2.29. The van der Waals surface area contributed by atoms with Crippen molar-refractivity contribution in [2.75, 3.05) is 0 Å². The first-order valence-electron chi connectivity index (χ1n) is 8.12. The van der Waals surface area contributed by atoms with Crippen LogP contribution in [0.5, 0.6) is 0 Å². The normalized spacial score (nSPS) is 15.6. The standard InChI is InChI=1S/C19H15ClN4O2/c1-11-22-23-19-15(10-17(25)26)21-18(12-6-8-13(20)9-7-12)14-4-2-3-5-16(14)24(11)19/h2-9,15H,10H2,1H3,(H,25,26)/t15-/m0/s1. The maximum absolute atomic E-state index is 11.4. The Kier molecular flexibility index (Phi) is 4.05. The van der Waals surface area contributed by atoms with Crippen molar-refractivity contribution < 1.29 is 9.90 Å². The second-order valence-electron chi connectivity index (χ2n) is 6.06. The van der Waals surface area contributed by atoms with E-state index in [4.69, 9.17) is 16.6 Å². The van der Waals surface area contributed by atoms with Crippen LogP contribution in [0.15, 0.2) is 53.5 Å². The van der Waals surface area contributed by atoms with Crippen molar-refractivity contribution in [2.24, 2.45) is 4.99 Å². The predicted molar refractivity (Wildman–Crippen MR) is 98.2 cm³/mol. The average molecular weight is 367 g/mol. The van der Waals surface area contributed by atoms with Gasteiger partial charge in [-0.05, 0) is 25.1 Å². The second kappa shape index (κ2) is 6.38. The van der Waals surface area contributed by atoms with Gasteiger partial charge in [0, 0.05) is 16.1 Å². The Morgan fingerprint density at radius 1 is 1.15 bits per heavy atom. The third kappa shape index (κ3) is 2.78. The molecule has 1 aliphatic rings. The van der Waals surface area contributed by atoms with E-state index in [1.165, 1.54) is 0 Å². The number of carboxylic acids is 1. The molecule has 2 heterocycles. The Labute approximate surface area is 154 Å². The molecule has 0 saturated heterocycles. The number of benzene rings is 2. The summed E-state index contributed by atoms with van der Waals surface area (Å²) in [6, 6.07) is 14.5. The van der Waals surface area contributed by atoms with E-state index in [9.17, 15) is 9.90 Å². The van der Waals surface area contributed by atoms with Crippen LogP contribution >= 0.6 is 11.6 Å². The van der Waals surface area contributed by atoms with E-state index in [0.29, 0.717) is 22.4 Å². The molecule has 0 fully saturated rings. The molecular formula is C19H15ClN4O2. The number of aliphatic carboxylic acids is 1. The van der Waals surface area contributed by atoms with Crippen molar-refractivity contribution in [1.82, 2.24) is 14.8 Å². The van der Waals surface area contributed by atoms with Gasteiger partial charge in [-0.1, -0.05) is 41.9 Å². The molecule has 1 atom stereocenters. The minimum atomic E-state index is -0.938. The molecule has 0 saturated carbocycles. The van der Waals surface area contributed by atoms with Crippen molar-refractivity contribution in [2.45, 2.75) is 19.4 Å². The van der Waals surface area contributed by atoms with Gasteiger partial charge in [0.2, 0.25) is 0 Å². The Morgan fingerprint density at radius 2 is 1.88 bits per heavy atom. The third-order valence-electron chi connectivity index (χ3n) is 4.32. The number of para-hydroxylation sites is 1. The highest BCUT2D eigenvalue weighted by Crippen LogP contribution is 2.32. The van der Waals surface area contributed by atoms with Crippen LogP contribution in [0.4, 0.5) is 0 Å². The number of aromatic nitrogens is 3. The molecule has 0 aliphatic carbocycles. The highest BCUT2D eigenvalue weighted by molar-refractivity contribution is 6.30. The average Bonchev–Trinajstić information content (AvgIpc) is 2.94. The Hall–Kier alpha value is -2.99. The lowest BCUT2D eigenvalue weighted by atomic mass is 10.0. The first kappa shape index (κ1) is 16.5. The second-order valence-corrected chi connectivity index (χ2v) is 6.49. The van der Waals surface area contributed by atoms with E-state index >= 15 is 0 Å². The fourth-order valence-electron chi connectivity index (χ4n) is 3.18. The SMILES string of the molecule is Cc1nnc2n1-c1ccccc1C(c1ccc(Cl)cc1)=N[C@H]2CC(=O)O. The molecule has 0 spiro atoms. The summed E-state index contributed by atoms with van der Waals surface area (Å²) in [5.41, 5.74) is 3.36. The molecule has 26 heavy (non-hydrogen) atoms. The van der Waals surface area contributed by atoms with Gasteiger partial charge in [0.25, 0.3) is 0 Å². The molecule has 7 heteroatoms. The van der Waals surface area contributed by atoms with Gasteiger partial charge in [-0.25, -0.2) is 0 Å². The summed E-state index contributed by atoms with van der Waals surface area (Å²) in [5, 5.41) is 18.3. The van der Waals surface area contributed by atoms with Crippen molar-refractivity contribution in [1.29, 1.82) is 0 Å². The number of carbonyl (C=O) groups is 1. The molecule has 130 valence electrons. The first-order chi connectivity index (χ1) is 12.5. The Morgan fingerprint density at radius 3 is 2.62 bits per heavy atom. The van der Waals surface area contributed by atoms with E-state index < -0.39 is 12.0 Å². The minimum absolute atomic E-state index is 0.163. The molecule has 0 amide bonds. The molecule has 0 radical (unpaired) electrons. The van der Waals surface area contributed by atoms with Gasteiger partial charge >= 0.3 is 5.97 Å². The van der Waals surface area contributed by atoms with Gasteiger partial charge in [-0.3, -0.25) is 14.4 Å². The molecule has 4 rings (SSSR count). The number of fused-ring (bicyclic) bond motifs is 3. The lowest BCUT2D eigenvalue weighted by molar-refractivity contribution is -0.137. The number of halogens is 1. The van der Waals surface area contributed by atoms with Gasteiger partial charge < -0.3 is 5.11 Å². The molecule has 1 aliphatic heterocycles. The maximum Gasteiger partial charge on any atom is 0.306 e. The van der Waals surface area contributed by atoms with Crippen LogP contribution in [0.2, 0.25) is 5.02 Å². The van der Waals surface area contributed by atoms with Crippen LogP contribution in [-0.2, 0) is 4.79 Å². The maximum atomic E-state index is 11.4. The zero-order valence-corrected chi connectivity index (χ0v) is 14.7. The summed E-state index contributed by atoms with van der Waals surface area (Å²) >= 11 is 6.02. The van der Waals surface area contributed by atoms with E-state index in [1.54, 1.807) is 12.1 Å². The molecule has 0 bridgehead atoms. The van der Waals surface area contributed by atoms with Crippen molar-refractivity contribution in [3.05, 3.63) is 76.3 Å². The summed E-state index contributed by atoms with van der Waals surface area (Å²) in [7, 11) is 0. The molecule has 6 nitrogen and oxygen atoms in total. The number of aliphatic imine (C=N–C) groups is 1.